The Balaban J connectivity index is 1.23. The van der Waals surface area contributed by atoms with E-state index < -0.39 is 0 Å². The molecule has 2 heterocycles. The molecule has 5 aliphatic rings. The first kappa shape index (κ1) is 14.4. The second-order valence-electron chi connectivity index (χ2n) is 8.46. The number of nitrogens with zero attached hydrogens (tertiary/aromatic N) is 2. The van der Waals surface area contributed by atoms with E-state index in [-0.39, 0.29) is 29.7 Å². The van der Waals surface area contributed by atoms with E-state index in [1.54, 1.807) is 0 Å². The fraction of sp³-hybridized carbons (Fsp3) is 0.391. The van der Waals surface area contributed by atoms with Gasteiger partial charge < -0.3 is 9.47 Å². The third-order valence-electron chi connectivity index (χ3n) is 6.90. The summed E-state index contributed by atoms with van der Waals surface area (Å²) in [5.74, 6) is 1.75. The molecule has 0 amide bonds. The third kappa shape index (κ3) is 1.83. The normalized spacial score (nSPS) is 33.2. The molecule has 2 aromatic rings. The van der Waals surface area contributed by atoms with Gasteiger partial charge in [0.05, 0.1) is 0 Å². The van der Waals surface area contributed by atoms with Gasteiger partial charge in [0.2, 0.25) is 0 Å². The molecule has 1 unspecified atom stereocenters. The second kappa shape index (κ2) is 4.80. The van der Waals surface area contributed by atoms with Gasteiger partial charge in [-0.05, 0) is 35.1 Å². The lowest BCUT2D eigenvalue weighted by molar-refractivity contribution is 0.179. The molecule has 1 saturated carbocycles. The Labute approximate surface area is 157 Å². The van der Waals surface area contributed by atoms with Crippen LogP contribution in [0.5, 0.6) is 0 Å². The highest BCUT2D eigenvalue weighted by atomic mass is 16.5. The zero-order valence-electron chi connectivity index (χ0n) is 15.0. The number of aliphatic imine (C=N–C) groups is 2. The van der Waals surface area contributed by atoms with Crippen LogP contribution in [0.1, 0.15) is 47.2 Å². The number of ether oxygens (including phenoxy) is 2. The molecule has 0 N–H and O–H groups in total. The quantitative estimate of drug-likeness (QED) is 0.818. The van der Waals surface area contributed by atoms with E-state index in [9.17, 15) is 0 Å². The number of benzene rings is 2. The van der Waals surface area contributed by atoms with Gasteiger partial charge in [0.15, 0.2) is 11.8 Å². The molecule has 0 aromatic heterocycles. The van der Waals surface area contributed by atoms with Crippen LogP contribution in [0.2, 0.25) is 0 Å². The van der Waals surface area contributed by atoms with Gasteiger partial charge in [0, 0.05) is 12.8 Å². The maximum Gasteiger partial charge on any atom is 0.200 e. The van der Waals surface area contributed by atoms with Crippen LogP contribution in [0.25, 0.3) is 0 Å². The van der Waals surface area contributed by atoms with E-state index in [2.05, 4.69) is 48.5 Å². The smallest absolute Gasteiger partial charge is 0.200 e. The molecule has 0 spiro atoms. The maximum absolute atomic E-state index is 6.39. The van der Waals surface area contributed by atoms with Gasteiger partial charge in [-0.2, -0.15) is 0 Å². The second-order valence-corrected chi connectivity index (χ2v) is 8.46. The van der Waals surface area contributed by atoms with Gasteiger partial charge in [-0.15, -0.1) is 0 Å². The molecule has 4 nitrogen and oxygen atoms in total. The molecule has 134 valence electrons. The largest absolute Gasteiger partial charge is 0.474 e. The van der Waals surface area contributed by atoms with E-state index in [0.29, 0.717) is 0 Å². The van der Waals surface area contributed by atoms with Crippen LogP contribution in [0.15, 0.2) is 58.5 Å². The van der Waals surface area contributed by atoms with Crippen molar-refractivity contribution in [2.75, 3.05) is 0 Å². The Morgan fingerprint density at radius 1 is 0.704 bits per heavy atom. The molecule has 2 aliphatic heterocycles. The molecule has 4 atom stereocenters. The molecule has 0 radical (unpaired) electrons. The number of rotatable bonds is 2. The average molecular weight is 356 g/mol. The van der Waals surface area contributed by atoms with Crippen LogP contribution in [0.4, 0.5) is 0 Å². The lowest BCUT2D eigenvalue weighted by Crippen LogP contribution is -2.30. The fourth-order valence-electron chi connectivity index (χ4n) is 5.31. The summed E-state index contributed by atoms with van der Waals surface area (Å²) in [6, 6.07) is 17.5. The molecule has 0 saturated heterocycles. The van der Waals surface area contributed by atoms with E-state index in [1.807, 2.05) is 0 Å². The number of hydrogen-bond acceptors (Lipinski definition) is 4. The van der Waals surface area contributed by atoms with Crippen molar-refractivity contribution in [3.05, 3.63) is 70.8 Å². The van der Waals surface area contributed by atoms with Gasteiger partial charge in [0.25, 0.3) is 0 Å². The van der Waals surface area contributed by atoms with Crippen molar-refractivity contribution in [1.29, 1.82) is 0 Å². The van der Waals surface area contributed by atoms with Crippen LogP contribution in [0.3, 0.4) is 0 Å². The highest BCUT2D eigenvalue weighted by Gasteiger charge is 2.61. The monoisotopic (exact) mass is 356 g/mol. The lowest BCUT2D eigenvalue weighted by Gasteiger charge is -2.18. The minimum Gasteiger partial charge on any atom is -0.474 e. The Hall–Kier alpha value is -2.62. The minimum atomic E-state index is -0.196. The molecule has 7 rings (SSSR count). The van der Waals surface area contributed by atoms with Crippen molar-refractivity contribution in [1.82, 2.24) is 0 Å². The number of fused-ring (bicyclic) bond motifs is 6. The fourth-order valence-corrected chi connectivity index (χ4v) is 5.31. The Kier molecular flexibility index (Phi) is 2.57. The average Bonchev–Trinajstić information content (AvgIpc) is 2.99. The zero-order chi connectivity index (χ0) is 17.6. The first-order valence-corrected chi connectivity index (χ1v) is 9.97. The standard InChI is InChI=1S/C23H20N2O2/c1-3-7-15-13(5-1)11-17-19(15)24-21(26-17)23(9-10-23)22-25-20-16-8-4-2-6-14(16)12-18(20)27-22/h1-8,17-20H,9-12H2/t17-,18?,19+,20+/m0/s1. The van der Waals surface area contributed by atoms with Crippen molar-refractivity contribution < 1.29 is 9.47 Å². The summed E-state index contributed by atoms with van der Waals surface area (Å²) in [4.78, 5) is 10.1. The molecule has 0 bridgehead atoms. The lowest BCUT2D eigenvalue weighted by atomic mass is 10.1. The van der Waals surface area contributed by atoms with Gasteiger partial charge in [0.1, 0.15) is 29.7 Å². The topological polar surface area (TPSA) is 43.2 Å². The van der Waals surface area contributed by atoms with Crippen molar-refractivity contribution in [2.45, 2.75) is 50.0 Å². The predicted molar refractivity (Wildman–Crippen MR) is 102 cm³/mol. The van der Waals surface area contributed by atoms with Gasteiger partial charge in [-0.3, -0.25) is 0 Å². The van der Waals surface area contributed by atoms with E-state index in [4.69, 9.17) is 19.5 Å². The SMILES string of the molecule is c1ccc2c(c1)CC1OC(C3(C4=N[C@@H]5c6ccccc6C[C@@H]5O4)CC3)=N[C@H]21. The summed E-state index contributed by atoms with van der Waals surface area (Å²) in [6.45, 7) is 0. The van der Waals surface area contributed by atoms with Crippen molar-refractivity contribution >= 4 is 11.8 Å². The van der Waals surface area contributed by atoms with Crippen LogP contribution in [-0.2, 0) is 22.3 Å². The molecular formula is C23H20N2O2. The Bertz CT molecular complexity index is 957. The summed E-state index contributed by atoms with van der Waals surface area (Å²) >= 11 is 0. The van der Waals surface area contributed by atoms with E-state index in [0.717, 1.165) is 37.5 Å². The van der Waals surface area contributed by atoms with E-state index >= 15 is 0 Å². The first-order chi connectivity index (χ1) is 13.3. The van der Waals surface area contributed by atoms with Gasteiger partial charge in [-0.25, -0.2) is 9.98 Å². The summed E-state index contributed by atoms with van der Waals surface area (Å²) < 4.78 is 12.8. The highest BCUT2D eigenvalue weighted by Crippen LogP contribution is 2.56. The minimum absolute atomic E-state index is 0.149. The van der Waals surface area contributed by atoms with Crippen molar-refractivity contribution in [3.8, 4) is 0 Å². The Morgan fingerprint density at radius 2 is 1.19 bits per heavy atom. The molecule has 3 aliphatic carbocycles. The van der Waals surface area contributed by atoms with Crippen LogP contribution < -0.4 is 0 Å². The van der Waals surface area contributed by atoms with Gasteiger partial charge >= 0.3 is 0 Å². The van der Waals surface area contributed by atoms with Crippen LogP contribution in [0, 0.1) is 5.41 Å². The molecule has 27 heavy (non-hydrogen) atoms. The van der Waals surface area contributed by atoms with Crippen molar-refractivity contribution in [3.63, 3.8) is 0 Å². The first-order valence-electron chi connectivity index (χ1n) is 9.97. The van der Waals surface area contributed by atoms with Crippen molar-refractivity contribution in [2.24, 2.45) is 15.4 Å². The maximum atomic E-state index is 6.39. The van der Waals surface area contributed by atoms with E-state index in [1.165, 1.54) is 22.3 Å². The zero-order valence-corrected chi connectivity index (χ0v) is 15.0. The van der Waals surface area contributed by atoms with Crippen LogP contribution >= 0.6 is 0 Å². The number of hydrogen-bond donors (Lipinski definition) is 0. The molecule has 2 aromatic carbocycles. The predicted octanol–water partition coefficient (Wildman–Crippen LogP) is 3.96. The molecular weight excluding hydrogens is 336 g/mol. The third-order valence-corrected chi connectivity index (χ3v) is 6.90. The highest BCUT2D eigenvalue weighted by molar-refractivity contribution is 6.09. The van der Waals surface area contributed by atoms with Crippen LogP contribution in [-0.4, -0.2) is 24.0 Å². The molecule has 4 heteroatoms. The summed E-state index contributed by atoms with van der Waals surface area (Å²) in [7, 11) is 0. The summed E-state index contributed by atoms with van der Waals surface area (Å²) in [5.41, 5.74) is 5.21. The summed E-state index contributed by atoms with van der Waals surface area (Å²) in [5, 5.41) is 0. The summed E-state index contributed by atoms with van der Waals surface area (Å²) in [6.07, 6.45) is 4.28. The molecule has 1 fully saturated rings. The Morgan fingerprint density at radius 3 is 1.67 bits per heavy atom. The van der Waals surface area contributed by atoms with Gasteiger partial charge in [-0.1, -0.05) is 48.5 Å².